The molecular weight excluding hydrogens is 342 g/mol. The maximum absolute atomic E-state index is 12.4. The van der Waals surface area contributed by atoms with Gasteiger partial charge in [0.15, 0.2) is 5.16 Å². The predicted molar refractivity (Wildman–Crippen MR) is 92.9 cm³/mol. The van der Waals surface area contributed by atoms with E-state index in [0.29, 0.717) is 34.8 Å². The minimum absolute atomic E-state index is 0.199. The first-order valence-corrected chi connectivity index (χ1v) is 8.74. The third kappa shape index (κ3) is 3.68. The number of nitrogens with two attached hydrogens (primary N) is 1. The van der Waals surface area contributed by atoms with Crippen LogP contribution in [0.4, 0.5) is 0 Å². The molecule has 0 bridgehead atoms. The van der Waals surface area contributed by atoms with E-state index < -0.39 is 0 Å². The van der Waals surface area contributed by atoms with E-state index in [1.54, 1.807) is 18.2 Å². The molecule has 3 rings (SSSR count). The molecule has 0 aliphatic heterocycles. The Kier molecular flexibility index (Phi) is 5.08. The average molecular weight is 359 g/mol. The molecule has 0 saturated heterocycles. The van der Waals surface area contributed by atoms with Crippen molar-refractivity contribution in [1.82, 2.24) is 29.8 Å². The van der Waals surface area contributed by atoms with Gasteiger partial charge in [0, 0.05) is 19.4 Å². The Labute approximate surface area is 147 Å². The van der Waals surface area contributed by atoms with Gasteiger partial charge in [-0.2, -0.15) is 4.68 Å². The van der Waals surface area contributed by atoms with Crippen LogP contribution in [0.5, 0.6) is 0 Å². The Morgan fingerprint density at radius 1 is 1.24 bits per heavy atom. The molecular formula is C15H17N7O2S. The van der Waals surface area contributed by atoms with Crippen LogP contribution in [0.1, 0.15) is 19.2 Å². The summed E-state index contributed by atoms with van der Waals surface area (Å²) >= 11 is 1.34. The Balaban J connectivity index is 1.79. The lowest BCUT2D eigenvalue weighted by atomic mass is 10.2. The van der Waals surface area contributed by atoms with Crippen molar-refractivity contribution in [2.75, 3.05) is 0 Å². The number of carbonyl (C=O) groups excluding carboxylic acids is 1. The maximum atomic E-state index is 12.4. The zero-order valence-corrected chi connectivity index (χ0v) is 14.4. The van der Waals surface area contributed by atoms with Gasteiger partial charge in [-0.15, -0.1) is 15.3 Å². The van der Waals surface area contributed by atoms with Gasteiger partial charge < -0.3 is 10.3 Å². The maximum Gasteiger partial charge on any atom is 0.278 e. The number of nitrogens with zero attached hydrogens (tertiary/aromatic N) is 6. The number of rotatable bonds is 7. The highest BCUT2D eigenvalue weighted by atomic mass is 32.2. The summed E-state index contributed by atoms with van der Waals surface area (Å²) in [5.74, 6) is 0.587. The minimum atomic E-state index is -0.377. The predicted octanol–water partition coefficient (Wildman–Crippen LogP) is 0.571. The van der Waals surface area contributed by atoms with Crippen molar-refractivity contribution in [3.8, 4) is 0 Å². The fourth-order valence-electron chi connectivity index (χ4n) is 2.39. The zero-order valence-electron chi connectivity index (χ0n) is 13.6. The smallest absolute Gasteiger partial charge is 0.278 e. The second kappa shape index (κ2) is 7.43. The van der Waals surface area contributed by atoms with Crippen molar-refractivity contribution in [2.24, 2.45) is 5.73 Å². The van der Waals surface area contributed by atoms with E-state index in [4.69, 9.17) is 5.73 Å². The molecule has 9 nitrogen and oxygen atoms in total. The topological polar surface area (TPSA) is 122 Å². The monoisotopic (exact) mass is 359 g/mol. The number of hydrogen-bond acceptors (Lipinski definition) is 7. The molecule has 0 aliphatic rings. The molecule has 0 aliphatic carbocycles. The van der Waals surface area contributed by atoms with Crippen LogP contribution < -0.4 is 11.3 Å². The van der Waals surface area contributed by atoms with Crippen molar-refractivity contribution in [1.29, 1.82) is 0 Å². The summed E-state index contributed by atoms with van der Waals surface area (Å²) in [6.07, 6.45) is 0.658. The van der Waals surface area contributed by atoms with Crippen LogP contribution >= 0.6 is 11.8 Å². The molecule has 2 N–H and O–H groups in total. The molecule has 0 spiro atoms. The summed E-state index contributed by atoms with van der Waals surface area (Å²) in [6.45, 7) is 2.62. The first-order valence-electron chi connectivity index (χ1n) is 7.76. The van der Waals surface area contributed by atoms with Gasteiger partial charge in [0.25, 0.3) is 5.56 Å². The number of benzene rings is 1. The standard InChI is InChI=1S/C15H17N7O2S/c1-2-21-13(8-7-12(16)23)18-19-15(21)25-9-22-14(24)10-5-3-4-6-11(10)17-20-22/h3-6H,2,7-9H2,1H3,(H2,16,23). The number of carbonyl (C=O) groups is 1. The highest BCUT2D eigenvalue weighted by Gasteiger charge is 2.13. The third-order valence-corrected chi connectivity index (χ3v) is 4.58. The van der Waals surface area contributed by atoms with Crippen molar-refractivity contribution < 1.29 is 4.79 Å². The number of fused-ring (bicyclic) bond motifs is 1. The second-order valence-corrected chi connectivity index (χ2v) is 6.21. The fraction of sp³-hybridized carbons (Fsp3) is 0.333. The molecule has 2 heterocycles. The lowest BCUT2D eigenvalue weighted by Gasteiger charge is -2.07. The van der Waals surface area contributed by atoms with E-state index in [-0.39, 0.29) is 23.8 Å². The molecule has 130 valence electrons. The minimum Gasteiger partial charge on any atom is -0.370 e. The first-order chi connectivity index (χ1) is 12.1. The first kappa shape index (κ1) is 17.1. The quantitative estimate of drug-likeness (QED) is 0.612. The van der Waals surface area contributed by atoms with Crippen LogP contribution in [0, 0.1) is 0 Å². The van der Waals surface area contributed by atoms with E-state index in [0.717, 1.165) is 0 Å². The Morgan fingerprint density at radius 3 is 2.80 bits per heavy atom. The van der Waals surface area contributed by atoms with Crippen LogP contribution in [0.3, 0.4) is 0 Å². The lowest BCUT2D eigenvalue weighted by Crippen LogP contribution is -2.23. The molecule has 3 aromatic rings. The largest absolute Gasteiger partial charge is 0.370 e. The van der Waals surface area contributed by atoms with Gasteiger partial charge in [-0.3, -0.25) is 9.59 Å². The number of primary amides is 1. The van der Waals surface area contributed by atoms with Gasteiger partial charge in [-0.1, -0.05) is 29.1 Å². The van der Waals surface area contributed by atoms with Gasteiger partial charge >= 0.3 is 0 Å². The Hall–Kier alpha value is -2.75. The molecule has 0 atom stereocenters. The van der Waals surface area contributed by atoms with Crippen LogP contribution in [0.25, 0.3) is 10.9 Å². The number of aryl methyl sites for hydroxylation is 1. The van der Waals surface area contributed by atoms with Crippen molar-refractivity contribution >= 4 is 28.6 Å². The van der Waals surface area contributed by atoms with Gasteiger partial charge in [-0.05, 0) is 19.1 Å². The van der Waals surface area contributed by atoms with Crippen LogP contribution in [0.15, 0.2) is 34.2 Å². The molecule has 2 aromatic heterocycles. The normalized spacial score (nSPS) is 11.1. The number of hydrogen-bond donors (Lipinski definition) is 1. The molecule has 1 amide bonds. The summed E-state index contributed by atoms with van der Waals surface area (Å²) in [5.41, 5.74) is 5.55. The summed E-state index contributed by atoms with van der Waals surface area (Å²) in [6, 6.07) is 7.08. The van der Waals surface area contributed by atoms with Crippen LogP contribution in [-0.2, 0) is 23.6 Å². The molecule has 10 heteroatoms. The number of amides is 1. The zero-order chi connectivity index (χ0) is 17.8. The van der Waals surface area contributed by atoms with E-state index in [1.807, 2.05) is 17.6 Å². The Morgan fingerprint density at radius 2 is 2.04 bits per heavy atom. The average Bonchev–Trinajstić information content (AvgIpc) is 3.01. The van der Waals surface area contributed by atoms with Crippen LogP contribution in [-0.4, -0.2) is 35.7 Å². The van der Waals surface area contributed by atoms with Crippen LogP contribution in [0.2, 0.25) is 0 Å². The van der Waals surface area contributed by atoms with Gasteiger partial charge in [0.2, 0.25) is 5.91 Å². The van der Waals surface area contributed by atoms with E-state index in [2.05, 4.69) is 20.5 Å². The van der Waals surface area contributed by atoms with E-state index >= 15 is 0 Å². The highest BCUT2D eigenvalue weighted by molar-refractivity contribution is 7.98. The van der Waals surface area contributed by atoms with Crippen molar-refractivity contribution in [3.63, 3.8) is 0 Å². The third-order valence-electron chi connectivity index (χ3n) is 3.65. The fourth-order valence-corrected chi connectivity index (χ4v) is 3.29. The Bertz CT molecular complexity index is 966. The van der Waals surface area contributed by atoms with Gasteiger partial charge in [-0.25, -0.2) is 0 Å². The van der Waals surface area contributed by atoms with Crippen molar-refractivity contribution in [2.45, 2.75) is 37.3 Å². The molecule has 25 heavy (non-hydrogen) atoms. The summed E-state index contributed by atoms with van der Waals surface area (Å²) < 4.78 is 3.19. The van der Waals surface area contributed by atoms with E-state index in [9.17, 15) is 9.59 Å². The molecule has 1 aromatic carbocycles. The van der Waals surface area contributed by atoms with Gasteiger partial charge in [0.1, 0.15) is 11.3 Å². The van der Waals surface area contributed by atoms with E-state index in [1.165, 1.54) is 16.4 Å². The van der Waals surface area contributed by atoms with Gasteiger partial charge in [0.05, 0.1) is 11.3 Å². The molecule has 0 saturated carbocycles. The number of aromatic nitrogens is 6. The summed E-state index contributed by atoms with van der Waals surface area (Å²) in [4.78, 5) is 23.4. The lowest BCUT2D eigenvalue weighted by molar-refractivity contribution is -0.118. The number of thioether (sulfide) groups is 1. The highest BCUT2D eigenvalue weighted by Crippen LogP contribution is 2.19. The molecule has 0 unspecified atom stereocenters. The molecule has 0 radical (unpaired) electrons. The molecule has 0 fully saturated rings. The SMILES string of the molecule is CCn1c(CCC(N)=O)nnc1SCn1nnc2ccccc2c1=O. The summed E-state index contributed by atoms with van der Waals surface area (Å²) in [7, 11) is 0. The van der Waals surface area contributed by atoms with Crippen molar-refractivity contribution in [3.05, 3.63) is 40.4 Å². The second-order valence-electron chi connectivity index (χ2n) is 5.29. The summed E-state index contributed by atoms with van der Waals surface area (Å²) in [5, 5.41) is 17.4.